The second kappa shape index (κ2) is 6.87. The highest BCUT2D eigenvalue weighted by Crippen LogP contribution is 2.15. The van der Waals surface area contributed by atoms with E-state index in [9.17, 15) is 13.6 Å². The molecule has 1 heterocycles. The molecule has 3 aromatic rings. The molecule has 0 unspecified atom stereocenters. The summed E-state index contributed by atoms with van der Waals surface area (Å²) in [6, 6.07) is 12.4. The molecule has 24 heavy (non-hydrogen) atoms. The molecular formula is C18H13F2N3O. The van der Waals surface area contributed by atoms with E-state index in [-0.39, 0.29) is 5.69 Å². The van der Waals surface area contributed by atoms with Gasteiger partial charge in [0.15, 0.2) is 0 Å². The van der Waals surface area contributed by atoms with E-state index in [0.29, 0.717) is 5.56 Å². The Morgan fingerprint density at radius 2 is 1.92 bits per heavy atom. The third-order valence-corrected chi connectivity index (χ3v) is 3.24. The van der Waals surface area contributed by atoms with Crippen molar-refractivity contribution in [3.05, 3.63) is 84.2 Å². The Morgan fingerprint density at radius 3 is 2.71 bits per heavy atom. The first kappa shape index (κ1) is 15.6. The van der Waals surface area contributed by atoms with Crippen LogP contribution in [0.15, 0.2) is 67.0 Å². The van der Waals surface area contributed by atoms with Gasteiger partial charge in [-0.25, -0.2) is 13.5 Å². The first-order valence-corrected chi connectivity index (χ1v) is 7.16. The number of hydrogen-bond donors (Lipinski definition) is 1. The van der Waals surface area contributed by atoms with Crippen LogP contribution >= 0.6 is 0 Å². The minimum atomic E-state index is -0.699. The molecule has 0 radical (unpaired) electrons. The highest BCUT2D eigenvalue weighted by molar-refractivity contribution is 6.01. The Hall–Kier alpha value is -3.28. The summed E-state index contributed by atoms with van der Waals surface area (Å²) in [7, 11) is 0. The van der Waals surface area contributed by atoms with Crippen LogP contribution in [0.2, 0.25) is 0 Å². The lowest BCUT2D eigenvalue weighted by molar-refractivity contribution is -0.111. The van der Waals surface area contributed by atoms with Crippen LogP contribution in [0.4, 0.5) is 14.5 Å². The molecular weight excluding hydrogens is 312 g/mol. The zero-order valence-corrected chi connectivity index (χ0v) is 12.5. The lowest BCUT2D eigenvalue weighted by Gasteiger charge is -2.03. The first-order valence-electron chi connectivity index (χ1n) is 7.16. The number of para-hydroxylation sites is 1. The highest BCUT2D eigenvalue weighted by atomic mass is 19.1. The van der Waals surface area contributed by atoms with Crippen LogP contribution in [0.5, 0.6) is 0 Å². The Bertz CT molecular complexity index is 888. The molecule has 0 aliphatic heterocycles. The van der Waals surface area contributed by atoms with E-state index in [1.54, 1.807) is 23.2 Å². The summed E-state index contributed by atoms with van der Waals surface area (Å²) in [5.41, 5.74) is 1.39. The number of rotatable bonds is 4. The SMILES string of the molecule is O=C(/C=C/c1cnn(-c2ccccc2)c1)Nc1cc(F)ccc1F. The van der Waals surface area contributed by atoms with Crippen LogP contribution in [-0.4, -0.2) is 15.7 Å². The van der Waals surface area contributed by atoms with Crippen molar-refractivity contribution in [1.82, 2.24) is 9.78 Å². The van der Waals surface area contributed by atoms with E-state index in [4.69, 9.17) is 0 Å². The Balaban J connectivity index is 1.69. The second-order valence-corrected chi connectivity index (χ2v) is 5.00. The fraction of sp³-hybridized carbons (Fsp3) is 0. The molecule has 1 aromatic heterocycles. The van der Waals surface area contributed by atoms with Crippen LogP contribution in [0.3, 0.4) is 0 Å². The normalized spacial score (nSPS) is 10.9. The summed E-state index contributed by atoms with van der Waals surface area (Å²) in [5, 5.41) is 6.49. The number of amides is 1. The van der Waals surface area contributed by atoms with Gasteiger partial charge in [-0.2, -0.15) is 5.10 Å². The summed E-state index contributed by atoms with van der Waals surface area (Å²) < 4.78 is 28.2. The minimum absolute atomic E-state index is 0.204. The topological polar surface area (TPSA) is 46.9 Å². The van der Waals surface area contributed by atoms with Gasteiger partial charge in [0, 0.05) is 23.9 Å². The maximum Gasteiger partial charge on any atom is 0.248 e. The first-order chi connectivity index (χ1) is 11.6. The van der Waals surface area contributed by atoms with Gasteiger partial charge in [-0.05, 0) is 30.3 Å². The van der Waals surface area contributed by atoms with Gasteiger partial charge in [0.05, 0.1) is 17.6 Å². The van der Waals surface area contributed by atoms with E-state index < -0.39 is 17.5 Å². The summed E-state index contributed by atoms with van der Waals surface area (Å²) >= 11 is 0. The van der Waals surface area contributed by atoms with E-state index in [1.165, 1.54) is 6.08 Å². The monoisotopic (exact) mass is 325 g/mol. The lowest BCUT2D eigenvalue weighted by atomic mass is 10.2. The quantitative estimate of drug-likeness (QED) is 0.742. The van der Waals surface area contributed by atoms with E-state index in [2.05, 4.69) is 10.4 Å². The fourth-order valence-corrected chi connectivity index (χ4v) is 2.08. The molecule has 0 aliphatic carbocycles. The number of hydrogen-bond acceptors (Lipinski definition) is 2. The molecule has 0 fully saturated rings. The molecule has 2 aromatic carbocycles. The van der Waals surface area contributed by atoms with E-state index in [0.717, 1.165) is 23.9 Å². The maximum atomic E-state index is 13.5. The molecule has 0 saturated carbocycles. The van der Waals surface area contributed by atoms with Crippen LogP contribution in [0.1, 0.15) is 5.56 Å². The average molecular weight is 325 g/mol. The zero-order valence-electron chi connectivity index (χ0n) is 12.5. The Labute approximate surface area is 137 Å². The highest BCUT2D eigenvalue weighted by Gasteiger charge is 2.06. The van der Waals surface area contributed by atoms with Gasteiger partial charge in [0.1, 0.15) is 11.6 Å². The predicted molar refractivity (Wildman–Crippen MR) is 87.6 cm³/mol. The largest absolute Gasteiger partial charge is 0.320 e. The molecule has 3 rings (SSSR count). The third-order valence-electron chi connectivity index (χ3n) is 3.24. The number of aromatic nitrogens is 2. The van der Waals surface area contributed by atoms with Crippen molar-refractivity contribution in [3.8, 4) is 5.69 Å². The van der Waals surface area contributed by atoms with Crippen LogP contribution in [0, 0.1) is 11.6 Å². The molecule has 1 amide bonds. The summed E-state index contributed by atoms with van der Waals surface area (Å²) in [4.78, 5) is 11.8. The van der Waals surface area contributed by atoms with Gasteiger partial charge < -0.3 is 5.32 Å². The molecule has 0 atom stereocenters. The zero-order chi connectivity index (χ0) is 16.9. The number of nitrogens with zero attached hydrogens (tertiary/aromatic N) is 2. The van der Waals surface area contributed by atoms with E-state index >= 15 is 0 Å². The van der Waals surface area contributed by atoms with Gasteiger partial charge in [-0.15, -0.1) is 0 Å². The molecule has 0 spiro atoms. The molecule has 4 nitrogen and oxygen atoms in total. The molecule has 1 N–H and O–H groups in total. The number of carbonyl (C=O) groups excluding carboxylic acids is 1. The van der Waals surface area contributed by atoms with Crippen molar-refractivity contribution in [3.63, 3.8) is 0 Å². The average Bonchev–Trinajstić information content (AvgIpc) is 3.06. The van der Waals surface area contributed by atoms with Crippen molar-refractivity contribution in [2.24, 2.45) is 0 Å². The van der Waals surface area contributed by atoms with Gasteiger partial charge in [0.2, 0.25) is 5.91 Å². The van der Waals surface area contributed by atoms with Gasteiger partial charge >= 0.3 is 0 Å². The van der Waals surface area contributed by atoms with E-state index in [1.807, 2.05) is 30.3 Å². The summed E-state index contributed by atoms with van der Waals surface area (Å²) in [6.07, 6.45) is 6.12. The lowest BCUT2D eigenvalue weighted by Crippen LogP contribution is -2.09. The Kier molecular flexibility index (Phi) is 4.47. The predicted octanol–water partition coefficient (Wildman–Crippen LogP) is 3.80. The maximum absolute atomic E-state index is 13.5. The van der Waals surface area contributed by atoms with Gasteiger partial charge in [-0.3, -0.25) is 4.79 Å². The van der Waals surface area contributed by atoms with Gasteiger partial charge in [0.25, 0.3) is 0 Å². The minimum Gasteiger partial charge on any atom is -0.320 e. The van der Waals surface area contributed by atoms with Crippen LogP contribution < -0.4 is 5.32 Å². The Morgan fingerprint density at radius 1 is 1.12 bits per heavy atom. The molecule has 0 saturated heterocycles. The number of benzene rings is 2. The van der Waals surface area contributed by atoms with Crippen molar-refractivity contribution in [1.29, 1.82) is 0 Å². The fourth-order valence-electron chi connectivity index (χ4n) is 2.08. The molecule has 6 heteroatoms. The summed E-state index contributed by atoms with van der Waals surface area (Å²) in [5.74, 6) is -1.89. The van der Waals surface area contributed by atoms with Gasteiger partial charge in [-0.1, -0.05) is 18.2 Å². The second-order valence-electron chi connectivity index (χ2n) is 5.00. The van der Waals surface area contributed by atoms with Crippen molar-refractivity contribution in [2.75, 3.05) is 5.32 Å². The standard InChI is InChI=1S/C18H13F2N3O/c19-14-7-8-16(20)17(10-14)22-18(24)9-6-13-11-21-23(12-13)15-4-2-1-3-5-15/h1-12H,(H,22,24)/b9-6+. The number of carbonyl (C=O) groups is 1. The van der Waals surface area contributed by atoms with Crippen LogP contribution in [-0.2, 0) is 4.79 Å². The van der Waals surface area contributed by atoms with Crippen molar-refractivity contribution >= 4 is 17.7 Å². The molecule has 0 bridgehead atoms. The molecule has 0 aliphatic rings. The smallest absolute Gasteiger partial charge is 0.248 e. The van der Waals surface area contributed by atoms with Crippen molar-refractivity contribution < 1.29 is 13.6 Å². The third kappa shape index (κ3) is 3.73. The van der Waals surface area contributed by atoms with Crippen LogP contribution in [0.25, 0.3) is 11.8 Å². The summed E-state index contributed by atoms with van der Waals surface area (Å²) in [6.45, 7) is 0. The number of anilines is 1. The number of halogens is 2. The van der Waals surface area contributed by atoms with Crippen molar-refractivity contribution in [2.45, 2.75) is 0 Å². The number of nitrogens with one attached hydrogen (secondary N) is 1. The molecule has 120 valence electrons.